The number of rotatable bonds is 8. The number of hydrogen-bond acceptors (Lipinski definition) is 5. The smallest absolute Gasteiger partial charge is 0.137 e. The van der Waals surface area contributed by atoms with Crippen molar-refractivity contribution in [1.29, 1.82) is 0 Å². The quantitative estimate of drug-likeness (QED) is 0.753. The fourth-order valence-electron chi connectivity index (χ4n) is 2.15. The highest BCUT2D eigenvalue weighted by Gasteiger charge is 2.15. The minimum atomic E-state index is 0.140. The summed E-state index contributed by atoms with van der Waals surface area (Å²) < 4.78 is 0. The monoisotopic (exact) mass is 266 g/mol. The fraction of sp³-hybridized carbons (Fsp3) is 0.714. The van der Waals surface area contributed by atoms with Gasteiger partial charge >= 0.3 is 0 Å². The third-order valence-electron chi connectivity index (χ3n) is 3.04. The molecule has 5 nitrogen and oxygen atoms in total. The molecule has 1 aromatic rings. The Bertz CT molecular complexity index is 389. The van der Waals surface area contributed by atoms with Crippen LogP contribution in [0.5, 0.6) is 0 Å². The highest BCUT2D eigenvalue weighted by Crippen LogP contribution is 2.23. The van der Waals surface area contributed by atoms with Crippen LogP contribution in [0, 0.1) is 6.92 Å². The summed E-state index contributed by atoms with van der Waals surface area (Å²) in [5.74, 6) is 2.69. The summed E-state index contributed by atoms with van der Waals surface area (Å²) in [4.78, 5) is 11.3. The molecule has 0 aliphatic heterocycles. The average molecular weight is 266 g/mol. The highest BCUT2D eigenvalue weighted by atomic mass is 16.3. The first kappa shape index (κ1) is 15.7. The topological polar surface area (TPSA) is 61.3 Å². The van der Waals surface area contributed by atoms with E-state index in [2.05, 4.69) is 34.0 Å². The van der Waals surface area contributed by atoms with Crippen molar-refractivity contribution in [3.05, 3.63) is 11.4 Å². The average Bonchev–Trinajstić information content (AvgIpc) is 2.40. The van der Waals surface area contributed by atoms with Crippen molar-refractivity contribution in [2.75, 3.05) is 37.0 Å². The molecule has 0 aliphatic rings. The summed E-state index contributed by atoms with van der Waals surface area (Å²) in [7, 11) is 1.88. The third-order valence-corrected chi connectivity index (χ3v) is 3.04. The van der Waals surface area contributed by atoms with Crippen molar-refractivity contribution in [3.63, 3.8) is 0 Å². The van der Waals surface area contributed by atoms with Crippen LogP contribution < -0.4 is 10.2 Å². The van der Waals surface area contributed by atoms with Gasteiger partial charge in [-0.15, -0.1) is 0 Å². The standard InChI is InChI=1S/C14H26N4O/c1-5-7-12-16-13(15-4)11(3)14(17-12)18(8-6-2)9-10-19/h19H,5-10H2,1-4H3,(H,15,16,17). The fourth-order valence-corrected chi connectivity index (χ4v) is 2.15. The summed E-state index contributed by atoms with van der Waals surface area (Å²) in [5, 5.41) is 12.3. The van der Waals surface area contributed by atoms with E-state index in [1.54, 1.807) is 0 Å². The second kappa shape index (κ2) is 7.94. The maximum absolute atomic E-state index is 9.21. The number of anilines is 2. The van der Waals surface area contributed by atoms with Gasteiger partial charge in [-0.1, -0.05) is 13.8 Å². The van der Waals surface area contributed by atoms with Crippen LogP contribution in [0.3, 0.4) is 0 Å². The lowest BCUT2D eigenvalue weighted by Gasteiger charge is -2.25. The molecule has 0 saturated carbocycles. The molecule has 0 fully saturated rings. The van der Waals surface area contributed by atoms with E-state index in [-0.39, 0.29) is 6.61 Å². The number of hydrogen-bond donors (Lipinski definition) is 2. The van der Waals surface area contributed by atoms with Crippen molar-refractivity contribution >= 4 is 11.6 Å². The molecule has 1 heterocycles. The molecule has 0 spiro atoms. The van der Waals surface area contributed by atoms with Crippen LogP contribution >= 0.6 is 0 Å². The maximum Gasteiger partial charge on any atom is 0.137 e. The second-order valence-corrected chi connectivity index (χ2v) is 4.65. The molecule has 0 aliphatic carbocycles. The molecule has 5 heteroatoms. The van der Waals surface area contributed by atoms with Crippen LogP contribution in [-0.4, -0.2) is 41.8 Å². The maximum atomic E-state index is 9.21. The predicted molar refractivity (Wildman–Crippen MR) is 79.9 cm³/mol. The minimum Gasteiger partial charge on any atom is -0.395 e. The Morgan fingerprint density at radius 2 is 1.89 bits per heavy atom. The molecule has 0 radical (unpaired) electrons. The van der Waals surface area contributed by atoms with E-state index >= 15 is 0 Å². The number of nitrogens with one attached hydrogen (secondary N) is 1. The summed E-state index contributed by atoms with van der Waals surface area (Å²) >= 11 is 0. The Balaban J connectivity index is 3.17. The molecular weight excluding hydrogens is 240 g/mol. The zero-order chi connectivity index (χ0) is 14.3. The molecular formula is C14H26N4O. The molecule has 0 unspecified atom stereocenters. The number of aliphatic hydroxyl groups excluding tert-OH is 1. The largest absolute Gasteiger partial charge is 0.395 e. The highest BCUT2D eigenvalue weighted by molar-refractivity contribution is 5.58. The Labute approximate surface area is 116 Å². The first-order chi connectivity index (χ1) is 9.17. The van der Waals surface area contributed by atoms with Crippen LogP contribution in [-0.2, 0) is 6.42 Å². The molecule has 0 atom stereocenters. The van der Waals surface area contributed by atoms with E-state index in [9.17, 15) is 5.11 Å². The Hall–Kier alpha value is -1.36. The summed E-state index contributed by atoms with van der Waals surface area (Å²) in [5.41, 5.74) is 1.05. The number of nitrogens with zero attached hydrogens (tertiary/aromatic N) is 3. The lowest BCUT2D eigenvalue weighted by molar-refractivity contribution is 0.301. The van der Waals surface area contributed by atoms with E-state index < -0.39 is 0 Å². The number of aromatic nitrogens is 2. The molecule has 1 aromatic heterocycles. The van der Waals surface area contributed by atoms with Crippen molar-refractivity contribution in [1.82, 2.24) is 9.97 Å². The van der Waals surface area contributed by atoms with Crippen LogP contribution in [0.4, 0.5) is 11.6 Å². The molecule has 0 saturated heterocycles. The molecule has 0 amide bonds. The lowest BCUT2D eigenvalue weighted by Crippen LogP contribution is -2.29. The van der Waals surface area contributed by atoms with Crippen LogP contribution in [0.25, 0.3) is 0 Å². The van der Waals surface area contributed by atoms with Gasteiger partial charge in [0, 0.05) is 32.1 Å². The molecule has 0 aromatic carbocycles. The molecule has 19 heavy (non-hydrogen) atoms. The minimum absolute atomic E-state index is 0.140. The molecule has 2 N–H and O–H groups in total. The van der Waals surface area contributed by atoms with Gasteiger partial charge in [0.25, 0.3) is 0 Å². The van der Waals surface area contributed by atoms with Gasteiger partial charge in [0.05, 0.1) is 6.61 Å². The summed E-state index contributed by atoms with van der Waals surface area (Å²) in [6, 6.07) is 0. The molecule has 1 rings (SSSR count). The van der Waals surface area contributed by atoms with E-state index in [4.69, 9.17) is 0 Å². The van der Waals surface area contributed by atoms with Gasteiger partial charge in [0.15, 0.2) is 0 Å². The summed E-state index contributed by atoms with van der Waals surface area (Å²) in [6.07, 6.45) is 2.93. The number of aryl methyl sites for hydroxylation is 1. The zero-order valence-electron chi connectivity index (χ0n) is 12.5. The Kier molecular flexibility index (Phi) is 6.56. The van der Waals surface area contributed by atoms with Gasteiger partial charge in [-0.25, -0.2) is 9.97 Å². The van der Waals surface area contributed by atoms with Crippen molar-refractivity contribution in [2.45, 2.75) is 40.0 Å². The number of aliphatic hydroxyl groups is 1. The SMILES string of the molecule is CCCc1nc(NC)c(C)c(N(CCC)CCO)n1. The normalized spacial score (nSPS) is 10.6. The Morgan fingerprint density at radius 1 is 1.16 bits per heavy atom. The summed E-state index contributed by atoms with van der Waals surface area (Å²) in [6.45, 7) is 7.93. The third kappa shape index (κ3) is 4.06. The van der Waals surface area contributed by atoms with Crippen molar-refractivity contribution in [3.8, 4) is 0 Å². The van der Waals surface area contributed by atoms with Crippen molar-refractivity contribution < 1.29 is 5.11 Å². The zero-order valence-corrected chi connectivity index (χ0v) is 12.5. The van der Waals surface area contributed by atoms with Crippen LogP contribution in [0.2, 0.25) is 0 Å². The first-order valence-electron chi connectivity index (χ1n) is 7.08. The van der Waals surface area contributed by atoms with Gasteiger partial charge in [-0.05, 0) is 19.8 Å². The lowest BCUT2D eigenvalue weighted by atomic mass is 10.2. The van der Waals surface area contributed by atoms with Crippen LogP contribution in [0.15, 0.2) is 0 Å². The van der Waals surface area contributed by atoms with Gasteiger partial charge in [0.2, 0.25) is 0 Å². The Morgan fingerprint density at radius 3 is 2.42 bits per heavy atom. The molecule has 0 bridgehead atoms. The van der Waals surface area contributed by atoms with E-state index in [0.29, 0.717) is 6.54 Å². The molecule has 108 valence electrons. The first-order valence-corrected chi connectivity index (χ1v) is 7.08. The van der Waals surface area contributed by atoms with Gasteiger partial charge in [0.1, 0.15) is 17.5 Å². The van der Waals surface area contributed by atoms with Crippen molar-refractivity contribution in [2.24, 2.45) is 0 Å². The van der Waals surface area contributed by atoms with E-state index in [1.165, 1.54) is 0 Å². The van der Waals surface area contributed by atoms with E-state index in [0.717, 1.165) is 48.8 Å². The van der Waals surface area contributed by atoms with E-state index in [1.807, 2.05) is 14.0 Å². The van der Waals surface area contributed by atoms with Gasteiger partial charge < -0.3 is 15.3 Å². The van der Waals surface area contributed by atoms with Gasteiger partial charge in [-0.3, -0.25) is 0 Å². The van der Waals surface area contributed by atoms with Crippen LogP contribution in [0.1, 0.15) is 38.1 Å². The predicted octanol–water partition coefficient (Wildman–Crippen LogP) is 1.99. The second-order valence-electron chi connectivity index (χ2n) is 4.65. The van der Waals surface area contributed by atoms with Gasteiger partial charge in [-0.2, -0.15) is 0 Å².